The zero-order chi connectivity index (χ0) is 10.9. The quantitative estimate of drug-likeness (QED) is 0.742. The molecule has 1 aliphatic rings. The molecule has 1 N–H and O–H groups in total. The predicted octanol–water partition coefficient (Wildman–Crippen LogP) is 2.56. The summed E-state index contributed by atoms with van der Waals surface area (Å²) in [5, 5.41) is 2.88. The summed E-state index contributed by atoms with van der Waals surface area (Å²) in [6, 6.07) is 0.338. The Labute approximate surface area is 86.2 Å². The molecule has 0 unspecified atom stereocenters. The fourth-order valence-electron chi connectivity index (χ4n) is 1.58. The van der Waals surface area contributed by atoms with Crippen molar-refractivity contribution in [3.05, 3.63) is 0 Å². The predicted molar refractivity (Wildman–Crippen MR) is 56.1 cm³/mol. The summed E-state index contributed by atoms with van der Waals surface area (Å²) in [5.74, 6) is 1.29. The standard InChI is InChI=1S/C11H21NO2/c1-7(2)8-6-9(8)12-10(13)14-11(3,4)5/h7-9H,6H2,1-5H3,(H,12,13)/t8-,9+/m1/s1. The van der Waals surface area contributed by atoms with Crippen molar-refractivity contribution in [1.82, 2.24) is 5.32 Å². The lowest BCUT2D eigenvalue weighted by Crippen LogP contribution is -2.34. The van der Waals surface area contributed by atoms with Gasteiger partial charge < -0.3 is 10.1 Å². The Bertz CT molecular complexity index is 218. The SMILES string of the molecule is CC(C)[C@H]1C[C@@H]1NC(=O)OC(C)(C)C. The lowest BCUT2D eigenvalue weighted by atomic mass is 10.1. The van der Waals surface area contributed by atoms with E-state index >= 15 is 0 Å². The van der Waals surface area contributed by atoms with Gasteiger partial charge >= 0.3 is 6.09 Å². The summed E-state index contributed by atoms with van der Waals surface area (Å²) in [5.41, 5.74) is -0.397. The number of carbonyl (C=O) groups excluding carboxylic acids is 1. The largest absolute Gasteiger partial charge is 0.444 e. The van der Waals surface area contributed by atoms with Gasteiger partial charge in [-0.05, 0) is 39.0 Å². The molecule has 14 heavy (non-hydrogen) atoms. The first-order valence-corrected chi connectivity index (χ1v) is 5.29. The third-order valence-corrected chi connectivity index (χ3v) is 2.40. The minimum Gasteiger partial charge on any atom is -0.444 e. The van der Waals surface area contributed by atoms with Crippen LogP contribution in [0.15, 0.2) is 0 Å². The number of alkyl carbamates (subject to hydrolysis) is 1. The van der Waals surface area contributed by atoms with E-state index in [1.54, 1.807) is 0 Å². The van der Waals surface area contributed by atoms with E-state index in [0.29, 0.717) is 17.9 Å². The van der Waals surface area contributed by atoms with E-state index in [1.807, 2.05) is 20.8 Å². The van der Waals surface area contributed by atoms with Crippen molar-refractivity contribution in [2.45, 2.75) is 52.7 Å². The number of nitrogens with one attached hydrogen (secondary N) is 1. The molecule has 0 heterocycles. The van der Waals surface area contributed by atoms with Crippen LogP contribution in [0.3, 0.4) is 0 Å². The molecule has 0 aliphatic heterocycles. The maximum Gasteiger partial charge on any atom is 0.407 e. The molecular weight excluding hydrogens is 178 g/mol. The van der Waals surface area contributed by atoms with E-state index in [1.165, 1.54) is 0 Å². The van der Waals surface area contributed by atoms with Crippen molar-refractivity contribution in [3.63, 3.8) is 0 Å². The van der Waals surface area contributed by atoms with Gasteiger partial charge in [0.25, 0.3) is 0 Å². The molecule has 82 valence electrons. The fraction of sp³-hybridized carbons (Fsp3) is 0.909. The van der Waals surface area contributed by atoms with Gasteiger partial charge in [-0.3, -0.25) is 0 Å². The van der Waals surface area contributed by atoms with Crippen molar-refractivity contribution in [2.75, 3.05) is 0 Å². The highest BCUT2D eigenvalue weighted by Crippen LogP contribution is 2.37. The highest BCUT2D eigenvalue weighted by molar-refractivity contribution is 5.68. The third kappa shape index (κ3) is 3.56. The lowest BCUT2D eigenvalue weighted by Gasteiger charge is -2.19. The van der Waals surface area contributed by atoms with Gasteiger partial charge in [-0.25, -0.2) is 4.79 Å². The molecule has 1 saturated carbocycles. The third-order valence-electron chi connectivity index (χ3n) is 2.40. The maximum absolute atomic E-state index is 11.3. The minimum absolute atomic E-state index is 0.286. The maximum atomic E-state index is 11.3. The van der Waals surface area contributed by atoms with Crippen molar-refractivity contribution in [2.24, 2.45) is 11.8 Å². The second-order valence-electron chi connectivity index (χ2n) is 5.40. The first kappa shape index (κ1) is 11.3. The molecule has 0 aromatic carbocycles. The second kappa shape index (κ2) is 3.79. The number of amides is 1. The van der Waals surface area contributed by atoms with Crippen LogP contribution in [0, 0.1) is 11.8 Å². The summed E-state index contributed by atoms with van der Waals surface area (Å²) in [7, 11) is 0. The minimum atomic E-state index is -0.397. The topological polar surface area (TPSA) is 38.3 Å². The highest BCUT2D eigenvalue weighted by atomic mass is 16.6. The van der Waals surface area contributed by atoms with Crippen LogP contribution in [0.4, 0.5) is 4.79 Å². The van der Waals surface area contributed by atoms with Crippen LogP contribution >= 0.6 is 0 Å². The van der Waals surface area contributed by atoms with Crippen molar-refractivity contribution in [3.8, 4) is 0 Å². The summed E-state index contributed by atoms with van der Waals surface area (Å²) in [6.07, 6.45) is 0.808. The van der Waals surface area contributed by atoms with Gasteiger partial charge in [-0.1, -0.05) is 13.8 Å². The smallest absolute Gasteiger partial charge is 0.407 e. The Morgan fingerprint density at radius 1 is 1.43 bits per heavy atom. The molecule has 0 radical (unpaired) electrons. The molecule has 1 amide bonds. The number of carbonyl (C=O) groups is 1. The van der Waals surface area contributed by atoms with Crippen LogP contribution in [0.2, 0.25) is 0 Å². The van der Waals surface area contributed by atoms with E-state index in [4.69, 9.17) is 4.74 Å². The number of rotatable bonds is 2. The molecule has 0 bridgehead atoms. The Kier molecular flexibility index (Phi) is 3.07. The Morgan fingerprint density at radius 3 is 2.36 bits per heavy atom. The van der Waals surface area contributed by atoms with Crippen LogP contribution in [0.5, 0.6) is 0 Å². The molecule has 0 saturated heterocycles. The molecular formula is C11H21NO2. The average molecular weight is 199 g/mol. The molecule has 0 spiro atoms. The Morgan fingerprint density at radius 2 is 2.00 bits per heavy atom. The average Bonchev–Trinajstić information content (AvgIpc) is 2.61. The van der Waals surface area contributed by atoms with Crippen LogP contribution in [-0.2, 0) is 4.74 Å². The van der Waals surface area contributed by atoms with E-state index in [-0.39, 0.29) is 6.09 Å². The first-order chi connectivity index (χ1) is 6.29. The molecule has 3 nitrogen and oxygen atoms in total. The van der Waals surface area contributed by atoms with E-state index < -0.39 is 5.60 Å². The number of hydrogen-bond donors (Lipinski definition) is 1. The van der Waals surface area contributed by atoms with Crippen LogP contribution in [0.1, 0.15) is 41.0 Å². The molecule has 0 aromatic rings. The molecule has 1 rings (SSSR count). The molecule has 2 atom stereocenters. The van der Waals surface area contributed by atoms with Gasteiger partial charge in [0, 0.05) is 6.04 Å². The van der Waals surface area contributed by atoms with E-state index in [9.17, 15) is 4.79 Å². The molecule has 0 aromatic heterocycles. The van der Waals surface area contributed by atoms with E-state index in [2.05, 4.69) is 19.2 Å². The van der Waals surface area contributed by atoms with Gasteiger partial charge in [-0.15, -0.1) is 0 Å². The highest BCUT2D eigenvalue weighted by Gasteiger charge is 2.40. The number of hydrogen-bond acceptors (Lipinski definition) is 2. The first-order valence-electron chi connectivity index (χ1n) is 5.29. The summed E-state index contributed by atoms with van der Waals surface area (Å²) in [4.78, 5) is 11.3. The van der Waals surface area contributed by atoms with Crippen molar-refractivity contribution < 1.29 is 9.53 Å². The summed E-state index contributed by atoms with van der Waals surface area (Å²) >= 11 is 0. The molecule has 1 fully saturated rings. The van der Waals surface area contributed by atoms with Crippen LogP contribution < -0.4 is 5.32 Å². The number of ether oxygens (including phenoxy) is 1. The summed E-state index contributed by atoms with van der Waals surface area (Å²) in [6.45, 7) is 9.99. The van der Waals surface area contributed by atoms with Gasteiger partial charge in [0.05, 0.1) is 0 Å². The fourth-order valence-corrected chi connectivity index (χ4v) is 1.58. The second-order valence-corrected chi connectivity index (χ2v) is 5.40. The lowest BCUT2D eigenvalue weighted by molar-refractivity contribution is 0.0520. The summed E-state index contributed by atoms with van der Waals surface area (Å²) < 4.78 is 5.17. The zero-order valence-electron chi connectivity index (χ0n) is 9.76. The Balaban J connectivity index is 2.24. The van der Waals surface area contributed by atoms with Crippen LogP contribution in [-0.4, -0.2) is 17.7 Å². The van der Waals surface area contributed by atoms with Gasteiger partial charge in [-0.2, -0.15) is 0 Å². The molecule has 1 aliphatic carbocycles. The Hall–Kier alpha value is -0.730. The monoisotopic (exact) mass is 199 g/mol. The van der Waals surface area contributed by atoms with E-state index in [0.717, 1.165) is 6.42 Å². The molecule has 3 heteroatoms. The normalized spacial score (nSPS) is 26.1. The van der Waals surface area contributed by atoms with Crippen molar-refractivity contribution in [1.29, 1.82) is 0 Å². The van der Waals surface area contributed by atoms with Crippen LogP contribution in [0.25, 0.3) is 0 Å². The van der Waals surface area contributed by atoms with Gasteiger partial charge in [0.1, 0.15) is 5.60 Å². The zero-order valence-corrected chi connectivity index (χ0v) is 9.76. The van der Waals surface area contributed by atoms with Gasteiger partial charge in [0.2, 0.25) is 0 Å². The van der Waals surface area contributed by atoms with Crippen molar-refractivity contribution >= 4 is 6.09 Å². The van der Waals surface area contributed by atoms with Gasteiger partial charge in [0.15, 0.2) is 0 Å².